The Morgan fingerprint density at radius 3 is 2.27 bits per heavy atom. The Balaban J connectivity index is 1.20. The first-order valence-electron chi connectivity index (χ1n) is 16.6. The number of aryl methyl sites for hydroxylation is 5. The van der Waals surface area contributed by atoms with E-state index in [1.807, 2.05) is 11.3 Å². The van der Waals surface area contributed by atoms with Crippen molar-refractivity contribution < 1.29 is 0 Å². The quantitative estimate of drug-likeness (QED) is 0.189. The van der Waals surface area contributed by atoms with Crippen molar-refractivity contribution in [3.05, 3.63) is 131 Å². The van der Waals surface area contributed by atoms with Crippen molar-refractivity contribution in [2.24, 2.45) is 14.1 Å². The largest absolute Gasteiger partial charge is 0.344 e. The predicted octanol–water partition coefficient (Wildman–Crippen LogP) is 11.2. The Morgan fingerprint density at radius 1 is 0.604 bits per heavy atom. The zero-order valence-electron chi connectivity index (χ0n) is 27.7. The Morgan fingerprint density at radius 2 is 1.40 bits per heavy atom. The van der Waals surface area contributed by atoms with Crippen molar-refractivity contribution in [2.45, 2.75) is 27.2 Å². The van der Waals surface area contributed by atoms with E-state index in [1.54, 1.807) is 0 Å². The van der Waals surface area contributed by atoms with Crippen LogP contribution in [0.1, 0.15) is 27.8 Å². The number of fused-ring (bicyclic) bond motifs is 11. The highest BCUT2D eigenvalue weighted by Gasteiger charge is 2.20. The summed E-state index contributed by atoms with van der Waals surface area (Å²) in [6.45, 7) is 6.71. The summed E-state index contributed by atoms with van der Waals surface area (Å²) in [7, 11) is 4.33. The topological polar surface area (TPSA) is 27.2 Å². The molecule has 0 aliphatic carbocycles. The first-order valence-corrected chi connectivity index (χ1v) is 17.4. The molecule has 4 heterocycles. The molecule has 4 nitrogen and oxygen atoms in total. The summed E-state index contributed by atoms with van der Waals surface area (Å²) in [5.41, 5.74) is 16.3. The fraction of sp³-hybridized carbons (Fsp3) is 0.140. The molecular weight excluding hydrogens is 605 g/mol. The lowest BCUT2D eigenvalue weighted by Crippen LogP contribution is -1.98. The summed E-state index contributed by atoms with van der Waals surface area (Å²) in [5.74, 6) is 0.973. The lowest BCUT2D eigenvalue weighted by molar-refractivity contribution is 0.972. The van der Waals surface area contributed by atoms with Crippen LogP contribution < -0.4 is 0 Å². The first-order chi connectivity index (χ1) is 23.3. The molecule has 0 spiro atoms. The van der Waals surface area contributed by atoms with Crippen LogP contribution in [0.25, 0.3) is 80.9 Å². The number of rotatable bonds is 3. The van der Waals surface area contributed by atoms with Crippen LogP contribution >= 0.6 is 11.3 Å². The first kappa shape index (κ1) is 27.7. The monoisotopic (exact) mass is 638 g/mol. The fourth-order valence-electron chi connectivity index (χ4n) is 8.12. The molecule has 0 unspecified atom stereocenters. The lowest BCUT2D eigenvalue weighted by atomic mass is 9.89. The lowest BCUT2D eigenvalue weighted by Gasteiger charge is -2.16. The summed E-state index contributed by atoms with van der Waals surface area (Å²) in [5, 5.41) is 5.34. The molecule has 0 radical (unpaired) electrons. The fourth-order valence-corrected chi connectivity index (χ4v) is 9.31. The van der Waals surface area contributed by atoms with E-state index in [1.165, 1.54) is 92.0 Å². The Bertz CT molecular complexity index is 2980. The van der Waals surface area contributed by atoms with Crippen LogP contribution in [0, 0.1) is 20.8 Å². The summed E-state index contributed by atoms with van der Waals surface area (Å²) in [6, 6.07) is 38.6. The van der Waals surface area contributed by atoms with E-state index in [0.717, 1.165) is 23.2 Å². The van der Waals surface area contributed by atoms with E-state index in [0.29, 0.717) is 0 Å². The maximum atomic E-state index is 4.97. The maximum Gasteiger partial charge on any atom is 0.215 e. The third-order valence-corrected chi connectivity index (χ3v) is 11.9. The van der Waals surface area contributed by atoms with Gasteiger partial charge in [-0.05, 0) is 116 Å². The molecule has 0 aliphatic rings. The zero-order chi connectivity index (χ0) is 32.4. The van der Waals surface area contributed by atoms with Crippen molar-refractivity contribution in [2.75, 3.05) is 0 Å². The average Bonchev–Trinajstić information content (AvgIpc) is 3.81. The van der Waals surface area contributed by atoms with Gasteiger partial charge in [0, 0.05) is 56.1 Å². The van der Waals surface area contributed by atoms with Gasteiger partial charge in [-0.25, -0.2) is 4.98 Å². The van der Waals surface area contributed by atoms with Crippen LogP contribution in [0.3, 0.4) is 0 Å². The van der Waals surface area contributed by atoms with E-state index in [2.05, 4.69) is 152 Å². The van der Waals surface area contributed by atoms with Gasteiger partial charge < -0.3 is 9.13 Å². The number of imidazole rings is 2. The Hall–Kier alpha value is -5.39. The molecule has 10 rings (SSSR count). The van der Waals surface area contributed by atoms with Gasteiger partial charge in [0.25, 0.3) is 0 Å². The number of hydrogen-bond donors (Lipinski definition) is 0. The molecular formula is C43H34N4S. The standard InChI is InChI=1S/C43H34N4S/c1-24-10-15-36-32(18-24)29-14-13-28(22-39(29)45(36)4)31-23-34-33-19-25(2)11-17-41(33)48-42(34)26(3)30(31)20-27-12-16-38-40(21-27)46(5)43-44-35-8-6-7-9-37(35)47(38)43/h6-19,21-23H,20H2,1-5H3. The second-order valence-corrected chi connectivity index (χ2v) is 14.7. The van der Waals surface area contributed by atoms with Gasteiger partial charge in [-0.2, -0.15) is 0 Å². The number of nitrogens with zero attached hydrogens (tertiary/aromatic N) is 4. The van der Waals surface area contributed by atoms with Crippen LogP contribution in [0.2, 0.25) is 0 Å². The van der Waals surface area contributed by atoms with Gasteiger partial charge >= 0.3 is 0 Å². The minimum atomic E-state index is 0.848. The molecule has 0 bridgehead atoms. The molecule has 0 saturated heterocycles. The molecule has 0 N–H and O–H groups in total. The maximum absolute atomic E-state index is 4.97. The van der Waals surface area contributed by atoms with E-state index in [4.69, 9.17) is 4.98 Å². The summed E-state index contributed by atoms with van der Waals surface area (Å²) >= 11 is 1.93. The van der Waals surface area contributed by atoms with Crippen molar-refractivity contribution in [3.63, 3.8) is 0 Å². The highest BCUT2D eigenvalue weighted by Crippen LogP contribution is 2.43. The highest BCUT2D eigenvalue weighted by molar-refractivity contribution is 7.26. The van der Waals surface area contributed by atoms with Gasteiger partial charge in [0.2, 0.25) is 5.78 Å². The van der Waals surface area contributed by atoms with Crippen LogP contribution in [0.15, 0.2) is 103 Å². The molecule has 10 aromatic rings. The van der Waals surface area contributed by atoms with Crippen molar-refractivity contribution in [3.8, 4) is 11.1 Å². The van der Waals surface area contributed by atoms with Crippen molar-refractivity contribution in [1.29, 1.82) is 0 Å². The molecule has 5 heteroatoms. The Labute approximate surface area is 282 Å². The normalized spacial score (nSPS) is 12.4. The second kappa shape index (κ2) is 9.82. The summed E-state index contributed by atoms with van der Waals surface area (Å²) in [4.78, 5) is 4.97. The van der Waals surface area contributed by atoms with Gasteiger partial charge in [-0.3, -0.25) is 4.40 Å². The van der Waals surface area contributed by atoms with E-state index in [-0.39, 0.29) is 0 Å². The van der Waals surface area contributed by atoms with Crippen LogP contribution in [0.4, 0.5) is 0 Å². The van der Waals surface area contributed by atoms with Gasteiger partial charge in [-0.15, -0.1) is 11.3 Å². The summed E-state index contributed by atoms with van der Waals surface area (Å²) in [6.07, 6.45) is 0.848. The number of hydrogen-bond acceptors (Lipinski definition) is 2. The molecule has 232 valence electrons. The van der Waals surface area contributed by atoms with Gasteiger partial charge in [-0.1, -0.05) is 53.6 Å². The number of thiophene rings is 1. The molecule has 0 amide bonds. The number of benzene rings is 6. The minimum Gasteiger partial charge on any atom is -0.344 e. The molecule has 6 aromatic carbocycles. The average molecular weight is 639 g/mol. The van der Waals surface area contributed by atoms with Crippen LogP contribution in [-0.4, -0.2) is 18.5 Å². The third-order valence-electron chi connectivity index (χ3n) is 10.6. The molecule has 0 saturated carbocycles. The van der Waals surface area contributed by atoms with Gasteiger partial charge in [0.1, 0.15) is 0 Å². The van der Waals surface area contributed by atoms with Gasteiger partial charge in [0.15, 0.2) is 0 Å². The molecule has 4 aromatic heterocycles. The van der Waals surface area contributed by atoms with E-state index >= 15 is 0 Å². The van der Waals surface area contributed by atoms with Crippen molar-refractivity contribution in [1.82, 2.24) is 18.5 Å². The second-order valence-electron chi connectivity index (χ2n) is 13.6. The molecule has 0 fully saturated rings. The number of para-hydroxylation sites is 2. The molecule has 48 heavy (non-hydrogen) atoms. The van der Waals surface area contributed by atoms with E-state index < -0.39 is 0 Å². The zero-order valence-corrected chi connectivity index (χ0v) is 28.5. The minimum absolute atomic E-state index is 0.848. The number of aromatic nitrogens is 4. The summed E-state index contributed by atoms with van der Waals surface area (Å²) < 4.78 is 9.62. The molecule has 0 aliphatic heterocycles. The highest BCUT2D eigenvalue weighted by atomic mass is 32.1. The van der Waals surface area contributed by atoms with Crippen molar-refractivity contribution >= 4 is 81.2 Å². The molecule has 0 atom stereocenters. The predicted molar refractivity (Wildman–Crippen MR) is 205 cm³/mol. The van der Waals surface area contributed by atoms with Crippen LogP contribution in [0.5, 0.6) is 0 Å². The SMILES string of the molecule is Cc1ccc2sc3c(C)c(Cc4ccc5c(c4)n(C)c4nc6ccccc6n54)c(-c4ccc5c6cc(C)ccc6n(C)c5c4)cc3c2c1. The van der Waals surface area contributed by atoms with Crippen LogP contribution in [-0.2, 0) is 20.5 Å². The third kappa shape index (κ3) is 3.79. The smallest absolute Gasteiger partial charge is 0.215 e. The van der Waals surface area contributed by atoms with Gasteiger partial charge in [0.05, 0.1) is 22.1 Å². The Kier molecular flexibility index (Phi) is 5.66. The van der Waals surface area contributed by atoms with E-state index in [9.17, 15) is 0 Å².